The highest BCUT2D eigenvalue weighted by Gasteiger charge is 2.31. The Morgan fingerprint density at radius 3 is 1.41 bits per heavy atom. The largest absolute Gasteiger partial charge is 0.421 e. The average molecular weight is 495 g/mol. The first kappa shape index (κ1) is 21.8. The topological polar surface area (TPSA) is 121 Å². The average Bonchev–Trinajstić information content (AvgIpc) is 3.23. The molecule has 0 N–H and O–H groups in total. The van der Waals surface area contributed by atoms with Crippen LogP contribution >= 0.6 is 0 Å². The summed E-state index contributed by atoms with van der Waals surface area (Å²) in [4.78, 5) is 25.5. The third-order valence-electron chi connectivity index (χ3n) is 5.18. The molecule has 0 saturated carbocycles. The highest BCUT2D eigenvalue weighted by molar-refractivity contribution is 7.95. The van der Waals surface area contributed by atoms with Crippen LogP contribution in [-0.4, -0.2) is 28.8 Å². The van der Waals surface area contributed by atoms with E-state index < -0.39 is 31.6 Å². The minimum atomic E-state index is -3.72. The fourth-order valence-electron chi connectivity index (χ4n) is 3.62. The SMILES string of the molecule is O=C(OC1=CS(=O)(=O)c2ccccc21)c1cccc(C(=O)OC2=CS(=O)(=O)c3ccccc32)c1. The van der Waals surface area contributed by atoms with Crippen molar-refractivity contribution in [1.82, 2.24) is 0 Å². The Bertz CT molecular complexity index is 1540. The van der Waals surface area contributed by atoms with E-state index in [4.69, 9.17) is 9.47 Å². The smallest absolute Gasteiger partial charge is 0.343 e. The van der Waals surface area contributed by atoms with E-state index in [2.05, 4.69) is 0 Å². The van der Waals surface area contributed by atoms with Crippen LogP contribution in [0.15, 0.2) is 93.4 Å². The Labute approximate surface area is 194 Å². The van der Waals surface area contributed by atoms with Crippen molar-refractivity contribution in [3.63, 3.8) is 0 Å². The molecule has 0 aliphatic carbocycles. The van der Waals surface area contributed by atoms with Crippen molar-refractivity contribution >= 4 is 43.1 Å². The third kappa shape index (κ3) is 3.72. The summed E-state index contributed by atoms with van der Waals surface area (Å²) in [5.74, 6) is -1.99. The van der Waals surface area contributed by atoms with Crippen LogP contribution in [0.4, 0.5) is 0 Å². The van der Waals surface area contributed by atoms with Gasteiger partial charge < -0.3 is 9.47 Å². The third-order valence-corrected chi connectivity index (χ3v) is 8.17. The Kier molecular flexibility index (Phi) is 4.99. The minimum absolute atomic E-state index is 0.0226. The number of hydrogen-bond acceptors (Lipinski definition) is 8. The van der Waals surface area contributed by atoms with Crippen molar-refractivity contribution < 1.29 is 35.9 Å². The van der Waals surface area contributed by atoms with Gasteiger partial charge in [-0.25, -0.2) is 26.4 Å². The number of carbonyl (C=O) groups is 2. The molecular weight excluding hydrogens is 480 g/mol. The van der Waals surface area contributed by atoms with Crippen LogP contribution in [0.2, 0.25) is 0 Å². The van der Waals surface area contributed by atoms with E-state index in [1.807, 2.05) is 0 Å². The van der Waals surface area contributed by atoms with E-state index in [0.29, 0.717) is 0 Å². The highest BCUT2D eigenvalue weighted by atomic mass is 32.2. The summed E-state index contributed by atoms with van der Waals surface area (Å²) in [5, 5.41) is 1.75. The number of fused-ring (bicyclic) bond motifs is 2. The molecule has 0 spiro atoms. The molecule has 3 aromatic carbocycles. The van der Waals surface area contributed by atoms with Crippen molar-refractivity contribution in [2.45, 2.75) is 9.79 Å². The predicted octanol–water partition coefficient (Wildman–Crippen LogP) is 3.57. The summed E-state index contributed by atoms with van der Waals surface area (Å²) in [7, 11) is -7.44. The molecule has 3 aromatic rings. The molecule has 0 atom stereocenters. The van der Waals surface area contributed by atoms with Gasteiger partial charge in [0.05, 0.1) is 31.7 Å². The number of rotatable bonds is 4. The van der Waals surface area contributed by atoms with Crippen molar-refractivity contribution in [2.75, 3.05) is 0 Å². The van der Waals surface area contributed by atoms with E-state index in [1.165, 1.54) is 48.5 Å². The van der Waals surface area contributed by atoms with Crippen LogP contribution < -0.4 is 0 Å². The van der Waals surface area contributed by atoms with E-state index in [9.17, 15) is 26.4 Å². The number of ether oxygens (including phenoxy) is 2. The molecule has 2 heterocycles. The van der Waals surface area contributed by atoms with E-state index >= 15 is 0 Å². The van der Waals surface area contributed by atoms with Gasteiger partial charge in [0, 0.05) is 11.1 Å². The fraction of sp³-hybridized carbons (Fsp3) is 0. The lowest BCUT2D eigenvalue weighted by Gasteiger charge is -2.08. The first-order chi connectivity index (χ1) is 16.2. The zero-order valence-electron chi connectivity index (χ0n) is 17.2. The maximum Gasteiger partial charge on any atom is 0.343 e. The summed E-state index contributed by atoms with van der Waals surface area (Å²) in [5.41, 5.74) is 0.482. The summed E-state index contributed by atoms with van der Waals surface area (Å²) in [6, 6.07) is 17.7. The maximum atomic E-state index is 12.7. The van der Waals surface area contributed by atoms with Crippen LogP contribution in [0.3, 0.4) is 0 Å². The minimum Gasteiger partial charge on any atom is -0.421 e. The molecule has 0 fully saturated rings. The van der Waals surface area contributed by atoms with Gasteiger partial charge in [-0.1, -0.05) is 30.3 Å². The number of carbonyl (C=O) groups excluding carboxylic acids is 2. The van der Waals surface area contributed by atoms with Gasteiger partial charge in [-0.3, -0.25) is 0 Å². The molecule has 0 bridgehead atoms. The van der Waals surface area contributed by atoms with Crippen LogP contribution in [-0.2, 0) is 29.1 Å². The van der Waals surface area contributed by atoms with E-state index in [-0.39, 0.29) is 43.6 Å². The van der Waals surface area contributed by atoms with Gasteiger partial charge in [0.25, 0.3) is 0 Å². The molecule has 34 heavy (non-hydrogen) atoms. The van der Waals surface area contributed by atoms with Gasteiger partial charge >= 0.3 is 11.9 Å². The molecule has 2 aliphatic rings. The molecule has 2 aliphatic heterocycles. The predicted molar refractivity (Wildman–Crippen MR) is 120 cm³/mol. The maximum absolute atomic E-state index is 12.7. The van der Waals surface area contributed by atoms with Crippen LogP contribution in [0, 0.1) is 0 Å². The molecule has 0 radical (unpaired) electrons. The van der Waals surface area contributed by atoms with Gasteiger partial charge in [-0.15, -0.1) is 0 Å². The lowest BCUT2D eigenvalue weighted by Crippen LogP contribution is -2.08. The zero-order chi connectivity index (χ0) is 24.1. The Balaban J connectivity index is 1.38. The molecule has 10 heteroatoms. The van der Waals surface area contributed by atoms with Crippen LogP contribution in [0.5, 0.6) is 0 Å². The van der Waals surface area contributed by atoms with Crippen LogP contribution in [0.1, 0.15) is 31.8 Å². The Hall–Kier alpha value is -4.02. The van der Waals surface area contributed by atoms with Gasteiger partial charge in [-0.05, 0) is 42.5 Å². The van der Waals surface area contributed by atoms with E-state index in [0.717, 1.165) is 10.8 Å². The lowest BCUT2D eigenvalue weighted by atomic mass is 10.1. The lowest BCUT2D eigenvalue weighted by molar-refractivity contribution is 0.0692. The first-order valence-electron chi connectivity index (χ1n) is 9.82. The molecule has 170 valence electrons. The molecule has 0 amide bonds. The van der Waals surface area contributed by atoms with Gasteiger partial charge in [0.2, 0.25) is 19.7 Å². The number of esters is 2. The molecule has 0 aromatic heterocycles. The van der Waals surface area contributed by atoms with Crippen molar-refractivity contribution in [2.24, 2.45) is 0 Å². The fourth-order valence-corrected chi connectivity index (χ4v) is 6.28. The number of benzene rings is 3. The summed E-state index contributed by atoms with van der Waals surface area (Å²) < 4.78 is 59.6. The van der Waals surface area contributed by atoms with Gasteiger partial charge in [-0.2, -0.15) is 0 Å². The molecule has 5 rings (SSSR count). The second-order valence-corrected chi connectivity index (χ2v) is 10.9. The number of hydrogen-bond donors (Lipinski definition) is 0. The molecule has 0 saturated heterocycles. The highest BCUT2D eigenvalue weighted by Crippen LogP contribution is 2.35. The quantitative estimate of drug-likeness (QED) is 0.505. The zero-order valence-corrected chi connectivity index (χ0v) is 18.8. The first-order valence-corrected chi connectivity index (χ1v) is 12.9. The van der Waals surface area contributed by atoms with Crippen molar-refractivity contribution in [1.29, 1.82) is 0 Å². The van der Waals surface area contributed by atoms with Gasteiger partial charge in [0.15, 0.2) is 11.5 Å². The Morgan fingerprint density at radius 2 is 0.971 bits per heavy atom. The Morgan fingerprint density at radius 1 is 0.559 bits per heavy atom. The second kappa shape index (κ2) is 7.79. The molecular formula is C24H14O8S2. The molecule has 8 nitrogen and oxygen atoms in total. The number of sulfone groups is 2. The van der Waals surface area contributed by atoms with Crippen molar-refractivity contribution in [3.8, 4) is 0 Å². The van der Waals surface area contributed by atoms with Crippen molar-refractivity contribution in [3.05, 3.63) is 106 Å². The summed E-state index contributed by atoms with van der Waals surface area (Å²) >= 11 is 0. The normalized spacial score (nSPS) is 16.6. The summed E-state index contributed by atoms with van der Waals surface area (Å²) in [6.07, 6.45) is 0. The second-order valence-electron chi connectivity index (χ2n) is 7.41. The molecule has 0 unspecified atom stereocenters. The summed E-state index contributed by atoms with van der Waals surface area (Å²) in [6.45, 7) is 0. The van der Waals surface area contributed by atoms with E-state index in [1.54, 1.807) is 24.3 Å². The monoisotopic (exact) mass is 494 g/mol. The van der Waals surface area contributed by atoms with Gasteiger partial charge in [0.1, 0.15) is 0 Å². The van der Waals surface area contributed by atoms with Crippen LogP contribution in [0.25, 0.3) is 11.5 Å². The standard InChI is InChI=1S/C24H14O8S2/c25-23(31-19-13-33(27,28)21-10-3-1-8-17(19)21)15-6-5-7-16(12-15)24(26)32-20-14-34(29,30)22-11-4-2-9-18(20)22/h1-14H.